The van der Waals surface area contributed by atoms with Gasteiger partial charge in [0.1, 0.15) is 0 Å². The van der Waals surface area contributed by atoms with Gasteiger partial charge in [-0.1, -0.05) is 249 Å². The zero-order chi connectivity index (χ0) is 54.8. The van der Waals surface area contributed by atoms with Crippen LogP contribution in [0.15, 0.2) is 328 Å². The van der Waals surface area contributed by atoms with Gasteiger partial charge in [0.2, 0.25) is 0 Å². The fourth-order valence-electron chi connectivity index (χ4n) is 13.8. The van der Waals surface area contributed by atoms with E-state index in [1.54, 1.807) is 0 Å². The zero-order valence-corrected chi connectivity index (χ0v) is 45.6. The quantitative estimate of drug-likeness (QED) is 0.124. The molecule has 388 valence electrons. The van der Waals surface area contributed by atoms with Crippen molar-refractivity contribution in [2.45, 2.75) is 5.41 Å². The molecule has 0 unspecified atom stereocenters. The lowest BCUT2D eigenvalue weighted by atomic mass is 9.67. The molecule has 1 heterocycles. The molecule has 2 heteroatoms. The lowest BCUT2D eigenvalue weighted by Gasteiger charge is -2.34. The van der Waals surface area contributed by atoms with Crippen LogP contribution in [-0.4, -0.2) is 4.57 Å². The first-order valence-corrected chi connectivity index (χ1v) is 28.7. The molecule has 0 spiro atoms. The molecule has 0 fully saturated rings. The molecular formula is C81H54N2. The van der Waals surface area contributed by atoms with Crippen LogP contribution in [0.5, 0.6) is 0 Å². The number of hydrogen-bond donors (Lipinski definition) is 0. The topological polar surface area (TPSA) is 8.17 Å². The molecule has 0 aliphatic heterocycles. The van der Waals surface area contributed by atoms with Crippen LogP contribution in [-0.2, 0) is 5.41 Å². The first kappa shape index (κ1) is 48.1. The fraction of sp³-hybridized carbons (Fsp3) is 0.0123. The Morgan fingerprint density at radius 3 is 1.14 bits per heavy atom. The molecule has 1 aliphatic carbocycles. The molecule has 16 rings (SSSR count). The maximum Gasteiger partial charge on any atom is 0.0713 e. The van der Waals surface area contributed by atoms with Crippen molar-refractivity contribution in [1.82, 2.24) is 4.57 Å². The van der Waals surface area contributed by atoms with Crippen molar-refractivity contribution in [2.24, 2.45) is 0 Å². The summed E-state index contributed by atoms with van der Waals surface area (Å²) in [4.78, 5) is 2.32. The molecule has 1 aliphatic rings. The van der Waals surface area contributed by atoms with E-state index in [0.717, 1.165) is 39.3 Å². The molecule has 0 saturated carbocycles. The van der Waals surface area contributed by atoms with Gasteiger partial charge in [-0.2, -0.15) is 0 Å². The summed E-state index contributed by atoms with van der Waals surface area (Å²) >= 11 is 0. The Hall–Kier alpha value is -10.8. The third-order valence-electron chi connectivity index (χ3n) is 17.5. The first-order valence-electron chi connectivity index (χ1n) is 28.7. The fourth-order valence-corrected chi connectivity index (χ4v) is 13.8. The van der Waals surface area contributed by atoms with Crippen molar-refractivity contribution in [3.8, 4) is 61.3 Å². The highest BCUT2D eigenvalue weighted by Gasteiger charge is 2.46. The van der Waals surface area contributed by atoms with Crippen LogP contribution in [0.25, 0.3) is 105 Å². The number of fused-ring (bicyclic) bond motifs is 8. The van der Waals surface area contributed by atoms with Gasteiger partial charge >= 0.3 is 0 Å². The van der Waals surface area contributed by atoms with E-state index in [4.69, 9.17) is 0 Å². The van der Waals surface area contributed by atoms with Crippen molar-refractivity contribution in [3.63, 3.8) is 0 Å². The van der Waals surface area contributed by atoms with Gasteiger partial charge in [-0.15, -0.1) is 0 Å². The second-order valence-corrected chi connectivity index (χ2v) is 21.9. The standard InChI is InChI=1S/C81H54N2/c1-6-22-56(23-7-1)79-69-33-16-18-35-71(69)80(72-36-19-17-34-70(72)79)57-40-47-66(48-41-57)83-77-50-43-58(55-38-45-65(46-39-55)82(63-28-12-4-13-29-63)64-30-14-5-15-31-64)52-73(77)74-53-59(44-51-78(74)83)60-42-49-68-67-32-20-21-37-75(67)81(76(68)54-60,61-24-8-2-9-25-61)62-26-10-3-11-27-62/h1-54H. The molecule has 0 radical (unpaired) electrons. The van der Waals surface area contributed by atoms with E-state index in [9.17, 15) is 0 Å². The van der Waals surface area contributed by atoms with Crippen LogP contribution in [0, 0.1) is 0 Å². The van der Waals surface area contributed by atoms with Crippen molar-refractivity contribution < 1.29 is 0 Å². The van der Waals surface area contributed by atoms with E-state index >= 15 is 0 Å². The van der Waals surface area contributed by atoms with E-state index in [1.165, 1.54) is 105 Å². The summed E-state index contributed by atoms with van der Waals surface area (Å²) in [6, 6.07) is 121. The van der Waals surface area contributed by atoms with E-state index in [1.807, 2.05) is 0 Å². The summed E-state index contributed by atoms with van der Waals surface area (Å²) in [6.45, 7) is 0. The summed E-state index contributed by atoms with van der Waals surface area (Å²) < 4.78 is 2.46. The Morgan fingerprint density at radius 2 is 0.614 bits per heavy atom. The number of anilines is 3. The van der Waals surface area contributed by atoms with Crippen LogP contribution in [0.4, 0.5) is 17.1 Å². The number of benzene rings is 14. The smallest absolute Gasteiger partial charge is 0.0713 e. The number of nitrogens with zero attached hydrogens (tertiary/aromatic N) is 2. The molecule has 0 bridgehead atoms. The Bertz CT molecular complexity index is 4780. The molecular weight excluding hydrogens is 1000 g/mol. The highest BCUT2D eigenvalue weighted by molar-refractivity contribution is 6.21. The second-order valence-electron chi connectivity index (χ2n) is 21.9. The van der Waals surface area contributed by atoms with Gasteiger partial charge in [-0.3, -0.25) is 0 Å². The van der Waals surface area contributed by atoms with Crippen LogP contribution >= 0.6 is 0 Å². The monoisotopic (exact) mass is 1050 g/mol. The Labute approximate surface area is 483 Å². The lowest BCUT2D eigenvalue weighted by molar-refractivity contribution is 0.769. The maximum absolute atomic E-state index is 2.48. The van der Waals surface area contributed by atoms with Gasteiger partial charge in [0.15, 0.2) is 0 Å². The van der Waals surface area contributed by atoms with Gasteiger partial charge in [-0.05, 0) is 178 Å². The Balaban J connectivity index is 0.865. The molecule has 0 N–H and O–H groups in total. The van der Waals surface area contributed by atoms with E-state index < -0.39 is 5.41 Å². The number of aromatic nitrogens is 1. The van der Waals surface area contributed by atoms with Crippen LogP contribution < -0.4 is 4.90 Å². The molecule has 83 heavy (non-hydrogen) atoms. The predicted molar refractivity (Wildman–Crippen MR) is 350 cm³/mol. The Morgan fingerprint density at radius 1 is 0.241 bits per heavy atom. The van der Waals surface area contributed by atoms with Gasteiger partial charge in [0.05, 0.1) is 16.4 Å². The van der Waals surface area contributed by atoms with E-state index in [2.05, 4.69) is 337 Å². The number of hydrogen-bond acceptors (Lipinski definition) is 1. The van der Waals surface area contributed by atoms with Gasteiger partial charge < -0.3 is 9.47 Å². The molecule has 0 saturated heterocycles. The first-order chi connectivity index (χ1) is 41.2. The van der Waals surface area contributed by atoms with Crippen molar-refractivity contribution >= 4 is 60.4 Å². The van der Waals surface area contributed by atoms with Gasteiger partial charge in [-0.25, -0.2) is 0 Å². The molecule has 1 aromatic heterocycles. The van der Waals surface area contributed by atoms with Crippen molar-refractivity contribution in [3.05, 3.63) is 350 Å². The van der Waals surface area contributed by atoms with Gasteiger partial charge in [0.25, 0.3) is 0 Å². The number of para-hydroxylation sites is 2. The SMILES string of the molecule is c1ccc(-c2c3ccccc3c(-c3ccc(-n4c5ccc(-c6ccc(N(c7ccccc7)c7ccccc7)cc6)cc5c5cc(-c6ccc7c(c6)C(c6ccccc6)(c6ccccc6)c6ccccc6-7)ccc54)cc3)c3ccccc23)cc1. The highest BCUT2D eigenvalue weighted by atomic mass is 15.1. The molecule has 0 atom stereocenters. The van der Waals surface area contributed by atoms with E-state index in [0.29, 0.717) is 0 Å². The van der Waals surface area contributed by atoms with Crippen LogP contribution in [0.3, 0.4) is 0 Å². The maximum atomic E-state index is 2.48. The average Bonchev–Trinajstić information content (AvgIpc) is 2.26. The average molecular weight is 1060 g/mol. The molecule has 2 nitrogen and oxygen atoms in total. The minimum absolute atomic E-state index is 0.497. The predicted octanol–water partition coefficient (Wildman–Crippen LogP) is 21.6. The lowest BCUT2D eigenvalue weighted by Crippen LogP contribution is -2.28. The summed E-state index contributed by atoms with van der Waals surface area (Å²) in [5.41, 5.74) is 23.6. The van der Waals surface area contributed by atoms with Crippen molar-refractivity contribution in [1.29, 1.82) is 0 Å². The Kier molecular flexibility index (Phi) is 11.5. The summed E-state index contributed by atoms with van der Waals surface area (Å²) in [5, 5.41) is 7.40. The second kappa shape index (κ2) is 19.8. The normalized spacial score (nSPS) is 12.4. The minimum atomic E-state index is -0.497. The van der Waals surface area contributed by atoms with Crippen LogP contribution in [0.1, 0.15) is 22.3 Å². The minimum Gasteiger partial charge on any atom is -0.311 e. The largest absolute Gasteiger partial charge is 0.311 e. The molecule has 15 aromatic rings. The molecule has 0 amide bonds. The summed E-state index contributed by atoms with van der Waals surface area (Å²) in [7, 11) is 0. The third kappa shape index (κ3) is 7.79. The summed E-state index contributed by atoms with van der Waals surface area (Å²) in [6.07, 6.45) is 0. The third-order valence-corrected chi connectivity index (χ3v) is 17.5. The van der Waals surface area contributed by atoms with Gasteiger partial charge in [0, 0.05) is 33.5 Å². The van der Waals surface area contributed by atoms with Crippen LogP contribution in [0.2, 0.25) is 0 Å². The van der Waals surface area contributed by atoms with Crippen molar-refractivity contribution in [2.75, 3.05) is 4.90 Å². The molecule has 14 aromatic carbocycles. The van der Waals surface area contributed by atoms with E-state index in [-0.39, 0.29) is 0 Å². The summed E-state index contributed by atoms with van der Waals surface area (Å²) in [5.74, 6) is 0. The highest BCUT2D eigenvalue weighted by Crippen LogP contribution is 2.57. The zero-order valence-electron chi connectivity index (χ0n) is 45.6. The number of rotatable bonds is 10.